The molecule has 0 spiro atoms. The number of nitrogens with zero attached hydrogens (tertiary/aromatic N) is 2. The summed E-state index contributed by atoms with van der Waals surface area (Å²) in [5.41, 5.74) is 5.48. The van der Waals surface area contributed by atoms with Crippen LogP contribution in [0.5, 0.6) is 0 Å². The van der Waals surface area contributed by atoms with Crippen LogP contribution in [0.1, 0.15) is 29.7 Å². The second kappa shape index (κ2) is 7.05. The van der Waals surface area contributed by atoms with Crippen molar-refractivity contribution in [1.82, 2.24) is 4.81 Å². The van der Waals surface area contributed by atoms with E-state index in [-0.39, 0.29) is 6.04 Å². The minimum atomic E-state index is -0.0914. The molecule has 1 atom stereocenters. The molecule has 0 amide bonds. The highest BCUT2D eigenvalue weighted by Gasteiger charge is 2.30. The van der Waals surface area contributed by atoms with E-state index in [1.54, 1.807) is 4.81 Å². The van der Waals surface area contributed by atoms with E-state index in [0.717, 1.165) is 33.8 Å². The predicted molar refractivity (Wildman–Crippen MR) is 110 cm³/mol. The van der Waals surface area contributed by atoms with Crippen LogP contribution < -0.4 is 0 Å². The van der Waals surface area contributed by atoms with Gasteiger partial charge in [-0.25, -0.2) is 4.99 Å². The van der Waals surface area contributed by atoms with E-state index in [2.05, 4.69) is 60.7 Å². The normalized spacial score (nSPS) is 17.2. The van der Waals surface area contributed by atoms with Crippen LogP contribution in [0.4, 0.5) is 0 Å². The third-order valence-electron chi connectivity index (χ3n) is 4.70. The quantitative estimate of drug-likeness (QED) is 0.608. The van der Waals surface area contributed by atoms with E-state index in [9.17, 15) is 0 Å². The number of hydrogen-bond donors (Lipinski definition) is 0. The number of aliphatic imine (C=N–C) groups is 1. The Labute approximate surface area is 156 Å². The molecule has 0 fully saturated rings. The Hall–Kier alpha value is -3.07. The first-order chi connectivity index (χ1) is 12.8. The summed E-state index contributed by atoms with van der Waals surface area (Å²) >= 11 is 0. The van der Waals surface area contributed by atoms with E-state index in [4.69, 9.17) is 13.0 Å². The van der Waals surface area contributed by atoms with Crippen molar-refractivity contribution >= 4 is 25.1 Å². The maximum Gasteiger partial charge on any atom is 0.229 e. The third kappa shape index (κ3) is 2.97. The molecule has 26 heavy (non-hydrogen) atoms. The largest absolute Gasteiger partial charge is 0.404 e. The molecule has 124 valence electrons. The summed E-state index contributed by atoms with van der Waals surface area (Å²) in [7, 11) is 6.49. The van der Waals surface area contributed by atoms with Crippen molar-refractivity contribution in [2.75, 3.05) is 0 Å². The molecule has 0 aliphatic carbocycles. The first-order valence-electron chi connectivity index (χ1n) is 8.75. The second-order valence-electron chi connectivity index (χ2n) is 6.37. The van der Waals surface area contributed by atoms with Gasteiger partial charge in [-0.3, -0.25) is 0 Å². The van der Waals surface area contributed by atoms with Gasteiger partial charge >= 0.3 is 0 Å². The fraction of sp³-hybridized carbons (Fsp3) is 0.0870. The Balaban J connectivity index is 2.01. The zero-order valence-electron chi connectivity index (χ0n) is 14.7. The number of rotatable bonds is 3. The molecule has 2 radical (unpaired) electrons. The molecule has 3 heteroatoms. The van der Waals surface area contributed by atoms with Crippen LogP contribution in [0.3, 0.4) is 0 Å². The maximum absolute atomic E-state index is 6.49. The molecule has 0 saturated heterocycles. The van der Waals surface area contributed by atoms with Crippen molar-refractivity contribution < 1.29 is 0 Å². The van der Waals surface area contributed by atoms with Crippen molar-refractivity contribution in [3.8, 4) is 0 Å². The van der Waals surface area contributed by atoms with Crippen molar-refractivity contribution in [3.05, 3.63) is 108 Å². The zero-order chi connectivity index (χ0) is 17.9. The van der Waals surface area contributed by atoms with Crippen molar-refractivity contribution in [2.24, 2.45) is 4.99 Å². The van der Waals surface area contributed by atoms with Crippen molar-refractivity contribution in [2.45, 2.75) is 13.0 Å². The van der Waals surface area contributed by atoms with Crippen molar-refractivity contribution in [3.63, 3.8) is 0 Å². The maximum atomic E-state index is 6.49. The van der Waals surface area contributed by atoms with Gasteiger partial charge in [-0.1, -0.05) is 91.0 Å². The fourth-order valence-electron chi connectivity index (χ4n) is 3.43. The lowest BCUT2D eigenvalue weighted by Crippen LogP contribution is -2.34. The lowest BCUT2D eigenvalue weighted by molar-refractivity contribution is 0.572. The van der Waals surface area contributed by atoms with E-state index >= 15 is 0 Å². The molecule has 0 saturated carbocycles. The zero-order valence-corrected chi connectivity index (χ0v) is 14.7. The number of hydrogen-bond acceptors (Lipinski definition) is 2. The molecule has 2 nitrogen and oxygen atoms in total. The highest BCUT2D eigenvalue weighted by molar-refractivity contribution is 6.19. The molecule has 0 N–H and O–H groups in total. The molecule has 1 aliphatic rings. The van der Waals surface area contributed by atoms with Crippen LogP contribution in [0, 0.1) is 0 Å². The summed E-state index contributed by atoms with van der Waals surface area (Å²) in [6, 6.07) is 31.0. The summed E-state index contributed by atoms with van der Waals surface area (Å²) in [6.45, 7) is 1.96. The highest BCUT2D eigenvalue weighted by atomic mass is 15.2. The Morgan fingerprint density at radius 2 is 1.23 bits per heavy atom. The molecule has 0 bridgehead atoms. The smallest absolute Gasteiger partial charge is 0.229 e. The predicted octanol–water partition coefficient (Wildman–Crippen LogP) is 5.11. The average molecular weight is 334 g/mol. The summed E-state index contributed by atoms with van der Waals surface area (Å²) in [5, 5.41) is 0. The highest BCUT2D eigenvalue weighted by Crippen LogP contribution is 2.43. The molecule has 1 heterocycles. The lowest BCUT2D eigenvalue weighted by Gasteiger charge is -2.37. The minimum absolute atomic E-state index is 0.0914. The van der Waals surface area contributed by atoms with E-state index in [1.165, 1.54) is 0 Å². The second-order valence-corrected chi connectivity index (χ2v) is 6.37. The molecule has 3 aromatic carbocycles. The molecule has 1 unspecified atom stereocenters. The van der Waals surface area contributed by atoms with Gasteiger partial charge in [0.25, 0.3) is 0 Å². The lowest BCUT2D eigenvalue weighted by atomic mass is 9.85. The number of amidine groups is 1. The summed E-state index contributed by atoms with van der Waals surface area (Å²) in [6.07, 6.45) is 0. The Morgan fingerprint density at radius 1 is 0.731 bits per heavy atom. The van der Waals surface area contributed by atoms with Crippen LogP contribution in [0.2, 0.25) is 0 Å². The standard InChI is InChI=1S/C23H19BN2/c1-17-25-22(19-13-7-3-8-14-19)21(18-11-5-2-6-12-18)23(26(17)24)20-15-9-4-10-16-20/h2-16,23H,1H3. The van der Waals surface area contributed by atoms with Crippen LogP contribution >= 0.6 is 0 Å². The fourth-order valence-corrected chi connectivity index (χ4v) is 3.43. The Bertz CT molecular complexity index is 947. The molecule has 1 aliphatic heterocycles. The van der Waals surface area contributed by atoms with E-state index < -0.39 is 0 Å². The van der Waals surface area contributed by atoms with Gasteiger partial charge in [0, 0.05) is 11.1 Å². The van der Waals surface area contributed by atoms with Gasteiger partial charge < -0.3 is 4.81 Å². The summed E-state index contributed by atoms with van der Waals surface area (Å²) in [5.74, 6) is 0.803. The third-order valence-corrected chi connectivity index (χ3v) is 4.70. The van der Waals surface area contributed by atoms with Crippen LogP contribution in [-0.4, -0.2) is 18.6 Å². The van der Waals surface area contributed by atoms with Crippen molar-refractivity contribution in [1.29, 1.82) is 0 Å². The summed E-state index contributed by atoms with van der Waals surface area (Å²) < 4.78 is 0. The van der Waals surface area contributed by atoms with E-state index in [1.807, 2.05) is 37.3 Å². The average Bonchev–Trinajstić information content (AvgIpc) is 2.71. The van der Waals surface area contributed by atoms with Crippen LogP contribution in [0.25, 0.3) is 11.3 Å². The molecule has 0 aromatic heterocycles. The van der Waals surface area contributed by atoms with Gasteiger partial charge in [-0.05, 0) is 18.1 Å². The molecular weight excluding hydrogens is 315 g/mol. The minimum Gasteiger partial charge on any atom is -0.404 e. The van der Waals surface area contributed by atoms with Crippen LogP contribution in [0.15, 0.2) is 96.0 Å². The monoisotopic (exact) mass is 334 g/mol. The number of benzene rings is 3. The topological polar surface area (TPSA) is 15.6 Å². The van der Waals surface area contributed by atoms with Crippen LogP contribution in [-0.2, 0) is 0 Å². The Morgan fingerprint density at radius 3 is 1.81 bits per heavy atom. The SMILES string of the molecule is [B]N1C(C)=NC(c2ccccc2)=C(c2ccccc2)C1c1ccccc1. The first-order valence-corrected chi connectivity index (χ1v) is 8.75. The molecule has 3 aromatic rings. The van der Waals surface area contributed by atoms with Gasteiger partial charge in [-0.2, -0.15) is 0 Å². The van der Waals surface area contributed by atoms with Gasteiger partial charge in [0.1, 0.15) is 0 Å². The molecular formula is C23H19BN2. The van der Waals surface area contributed by atoms with Gasteiger partial charge in [0.05, 0.1) is 17.6 Å². The van der Waals surface area contributed by atoms with Gasteiger partial charge in [-0.15, -0.1) is 0 Å². The molecule has 4 rings (SSSR count). The van der Waals surface area contributed by atoms with E-state index in [0.29, 0.717) is 0 Å². The first kappa shape index (κ1) is 16.4. The summed E-state index contributed by atoms with van der Waals surface area (Å²) in [4.78, 5) is 6.63. The van der Waals surface area contributed by atoms with Gasteiger partial charge in [0.2, 0.25) is 7.98 Å². The Kier molecular flexibility index (Phi) is 4.45. The van der Waals surface area contributed by atoms with Gasteiger partial charge in [0.15, 0.2) is 0 Å².